The maximum Gasteiger partial charge on any atom is 0.270 e. The van der Waals surface area contributed by atoms with E-state index in [1.165, 1.54) is 11.1 Å². The number of rotatable bonds is 6. The van der Waals surface area contributed by atoms with E-state index in [0.717, 1.165) is 35.9 Å². The fourth-order valence-electron chi connectivity index (χ4n) is 7.04. The maximum atomic E-state index is 13.6. The average Bonchev–Trinajstić information content (AvgIpc) is 3.64. The van der Waals surface area contributed by atoms with E-state index < -0.39 is 0 Å². The van der Waals surface area contributed by atoms with Crippen molar-refractivity contribution in [3.63, 3.8) is 0 Å². The lowest BCUT2D eigenvalue weighted by Crippen LogP contribution is -2.48. The molecule has 1 atom stereocenters. The zero-order valence-corrected chi connectivity index (χ0v) is 24.2. The van der Waals surface area contributed by atoms with Crippen molar-refractivity contribution < 1.29 is 14.0 Å². The molecule has 2 aliphatic rings. The molecule has 1 aromatic carbocycles. The Morgan fingerprint density at radius 1 is 1.17 bits per heavy atom. The molecule has 0 bridgehead atoms. The molecule has 1 aliphatic heterocycles. The Hall–Kier alpha value is -3.91. The van der Waals surface area contributed by atoms with E-state index in [1.807, 2.05) is 21.9 Å². The zero-order valence-electron chi connectivity index (χ0n) is 24.2. The third-order valence-electron chi connectivity index (χ3n) is 9.06. The molecule has 3 aromatic heterocycles. The van der Waals surface area contributed by atoms with Crippen molar-refractivity contribution in [2.24, 2.45) is 5.73 Å². The minimum Gasteiger partial charge on any atom is -0.462 e. The van der Waals surface area contributed by atoms with Gasteiger partial charge in [-0.2, -0.15) is 0 Å². The van der Waals surface area contributed by atoms with Gasteiger partial charge in [0.1, 0.15) is 12.0 Å². The van der Waals surface area contributed by atoms with E-state index in [4.69, 9.17) is 10.2 Å². The van der Waals surface area contributed by atoms with Crippen LogP contribution in [0.1, 0.15) is 74.0 Å². The number of nitrogens with two attached hydrogens (primary N) is 1. The first kappa shape index (κ1) is 27.3. The number of H-pyrrole nitrogens is 1. The summed E-state index contributed by atoms with van der Waals surface area (Å²) >= 11 is 0. The summed E-state index contributed by atoms with van der Waals surface area (Å²) in [5.41, 5.74) is 12.1. The SMILES string of the molecule is CC(C)(C)N(CCN)C(=O)CC1CC2(CCN(C(=O)c3cc4occ(-c5cccnc5)c4[nH]3)CC2)c2ccccc21. The number of fused-ring (bicyclic) bond motifs is 3. The molecule has 3 N–H and O–H groups in total. The van der Waals surface area contributed by atoms with Gasteiger partial charge in [-0.1, -0.05) is 30.3 Å². The van der Waals surface area contributed by atoms with Crippen molar-refractivity contribution in [1.82, 2.24) is 19.8 Å². The van der Waals surface area contributed by atoms with Crippen LogP contribution >= 0.6 is 0 Å². The third kappa shape index (κ3) is 4.95. The Labute approximate surface area is 240 Å². The monoisotopic (exact) mass is 553 g/mol. The van der Waals surface area contributed by atoms with E-state index in [-0.39, 0.29) is 28.7 Å². The predicted molar refractivity (Wildman–Crippen MR) is 160 cm³/mol. The topological polar surface area (TPSA) is 108 Å². The van der Waals surface area contributed by atoms with Crippen LogP contribution < -0.4 is 5.73 Å². The number of pyridine rings is 1. The van der Waals surface area contributed by atoms with Gasteiger partial charge in [0, 0.05) is 67.7 Å². The minimum atomic E-state index is -0.268. The van der Waals surface area contributed by atoms with Crippen LogP contribution in [0.3, 0.4) is 0 Å². The Morgan fingerprint density at radius 2 is 1.95 bits per heavy atom. The van der Waals surface area contributed by atoms with Gasteiger partial charge in [-0.05, 0) is 68.6 Å². The van der Waals surface area contributed by atoms with E-state index in [2.05, 4.69) is 55.0 Å². The molecule has 1 fully saturated rings. The highest BCUT2D eigenvalue weighted by atomic mass is 16.3. The van der Waals surface area contributed by atoms with Crippen molar-refractivity contribution >= 4 is 22.9 Å². The van der Waals surface area contributed by atoms with E-state index in [1.54, 1.807) is 24.7 Å². The lowest BCUT2D eigenvalue weighted by molar-refractivity contribution is -0.136. The molecule has 2 amide bonds. The van der Waals surface area contributed by atoms with E-state index in [9.17, 15) is 9.59 Å². The second kappa shape index (κ2) is 10.5. The van der Waals surface area contributed by atoms with Gasteiger partial charge in [0.25, 0.3) is 5.91 Å². The van der Waals surface area contributed by atoms with Crippen LogP contribution in [0, 0.1) is 0 Å². The molecule has 0 saturated carbocycles. The Kier molecular flexibility index (Phi) is 6.98. The normalized spacial score (nSPS) is 18.1. The van der Waals surface area contributed by atoms with Crippen LogP contribution in [0.15, 0.2) is 65.5 Å². The van der Waals surface area contributed by atoms with Crippen LogP contribution in [0.25, 0.3) is 22.2 Å². The van der Waals surface area contributed by atoms with Gasteiger partial charge in [-0.15, -0.1) is 0 Å². The number of piperidine rings is 1. The molecule has 1 saturated heterocycles. The number of likely N-dealkylation sites (tertiary alicyclic amines) is 1. The predicted octanol–water partition coefficient (Wildman–Crippen LogP) is 5.46. The first-order valence-corrected chi connectivity index (χ1v) is 14.6. The summed E-state index contributed by atoms with van der Waals surface area (Å²) in [6.45, 7) is 8.56. The highest BCUT2D eigenvalue weighted by Crippen LogP contribution is 2.53. The summed E-state index contributed by atoms with van der Waals surface area (Å²) in [7, 11) is 0. The van der Waals surface area contributed by atoms with Gasteiger partial charge in [0.05, 0.1) is 5.52 Å². The molecule has 6 rings (SSSR count). The molecule has 1 unspecified atom stereocenters. The number of aromatic amines is 1. The van der Waals surface area contributed by atoms with Crippen molar-refractivity contribution in [2.75, 3.05) is 26.2 Å². The quantitative estimate of drug-likeness (QED) is 0.330. The Bertz CT molecular complexity index is 1560. The number of hydrogen-bond donors (Lipinski definition) is 2. The molecule has 41 heavy (non-hydrogen) atoms. The van der Waals surface area contributed by atoms with Gasteiger partial charge in [-0.25, -0.2) is 0 Å². The lowest BCUT2D eigenvalue weighted by atomic mass is 9.73. The smallest absolute Gasteiger partial charge is 0.270 e. The van der Waals surface area contributed by atoms with Crippen LogP contribution in [-0.4, -0.2) is 63.3 Å². The van der Waals surface area contributed by atoms with Gasteiger partial charge in [0.2, 0.25) is 5.91 Å². The van der Waals surface area contributed by atoms with Gasteiger partial charge in [-0.3, -0.25) is 14.6 Å². The second-order valence-corrected chi connectivity index (χ2v) is 12.6. The number of carbonyl (C=O) groups excluding carboxylic acids is 2. The number of carbonyl (C=O) groups is 2. The summed E-state index contributed by atoms with van der Waals surface area (Å²) in [4.78, 5) is 38.5. The Balaban J connectivity index is 1.18. The zero-order chi connectivity index (χ0) is 28.8. The van der Waals surface area contributed by atoms with Gasteiger partial charge >= 0.3 is 0 Å². The lowest BCUT2D eigenvalue weighted by Gasteiger charge is -2.40. The summed E-state index contributed by atoms with van der Waals surface area (Å²) in [6.07, 6.45) is 8.40. The highest BCUT2D eigenvalue weighted by Gasteiger charge is 2.47. The molecule has 8 nitrogen and oxygen atoms in total. The molecular weight excluding hydrogens is 514 g/mol. The number of furan rings is 1. The number of amides is 2. The molecule has 0 radical (unpaired) electrons. The first-order chi connectivity index (χ1) is 19.7. The largest absolute Gasteiger partial charge is 0.462 e. The number of aromatic nitrogens is 2. The van der Waals surface area contributed by atoms with Gasteiger partial charge < -0.3 is 24.9 Å². The number of benzene rings is 1. The van der Waals surface area contributed by atoms with Crippen molar-refractivity contribution in [3.8, 4) is 11.1 Å². The molecule has 4 heterocycles. The summed E-state index contributed by atoms with van der Waals surface area (Å²) in [5.74, 6) is 0.322. The fourth-order valence-corrected chi connectivity index (χ4v) is 7.04. The molecular formula is C33H39N5O3. The van der Waals surface area contributed by atoms with Crippen molar-refractivity contribution in [2.45, 2.75) is 63.3 Å². The van der Waals surface area contributed by atoms with E-state index >= 15 is 0 Å². The van der Waals surface area contributed by atoms with Crippen LogP contribution in [-0.2, 0) is 10.2 Å². The average molecular weight is 554 g/mol. The number of nitrogens with zero attached hydrogens (tertiary/aromatic N) is 3. The van der Waals surface area contributed by atoms with Crippen LogP contribution in [0.2, 0.25) is 0 Å². The van der Waals surface area contributed by atoms with Crippen molar-refractivity contribution in [1.29, 1.82) is 0 Å². The van der Waals surface area contributed by atoms with Crippen LogP contribution in [0.5, 0.6) is 0 Å². The third-order valence-corrected chi connectivity index (χ3v) is 9.06. The standard InChI is InChI=1S/C33H39N5O3/c1-32(2,3)38(16-12-34)29(39)17-23-19-33(26-9-5-4-8-24(23)26)10-14-37(15-11-33)31(40)27-18-28-30(36-27)25(21-41-28)22-7-6-13-35-20-22/h4-9,13,18,20-21,23,36H,10-12,14-17,19,34H2,1-3H3. The Morgan fingerprint density at radius 3 is 2.66 bits per heavy atom. The molecule has 214 valence electrons. The first-order valence-electron chi connectivity index (χ1n) is 14.6. The van der Waals surface area contributed by atoms with Gasteiger partial charge in [0.15, 0.2) is 5.58 Å². The second-order valence-electron chi connectivity index (χ2n) is 12.6. The van der Waals surface area contributed by atoms with Crippen LogP contribution in [0.4, 0.5) is 0 Å². The fraction of sp³-hybridized carbons (Fsp3) is 0.424. The minimum absolute atomic E-state index is 0.0102. The molecule has 1 aliphatic carbocycles. The summed E-state index contributed by atoms with van der Waals surface area (Å²) < 4.78 is 5.77. The molecule has 1 spiro atoms. The summed E-state index contributed by atoms with van der Waals surface area (Å²) in [6, 6.07) is 14.3. The van der Waals surface area contributed by atoms with Crippen molar-refractivity contribution in [3.05, 3.63) is 77.9 Å². The highest BCUT2D eigenvalue weighted by molar-refractivity contribution is 6.00. The number of nitrogens with one attached hydrogen (secondary N) is 1. The maximum absolute atomic E-state index is 13.6. The molecule has 8 heteroatoms. The van der Waals surface area contributed by atoms with E-state index in [0.29, 0.717) is 43.9 Å². The molecule has 4 aromatic rings. The summed E-state index contributed by atoms with van der Waals surface area (Å²) in [5, 5.41) is 0. The number of hydrogen-bond acceptors (Lipinski definition) is 5.